The second kappa shape index (κ2) is 14.5. The minimum Gasteiger partial charge on any atom is -0.496 e. The number of hydrogen-bond donors (Lipinski definition) is 2. The van der Waals surface area contributed by atoms with Crippen LogP contribution in [0.2, 0.25) is 0 Å². The molecule has 1 rings (SSSR count). The van der Waals surface area contributed by atoms with Crippen LogP contribution in [0.3, 0.4) is 0 Å². The molecule has 0 saturated heterocycles. The van der Waals surface area contributed by atoms with Crippen LogP contribution in [-0.4, -0.2) is 66.3 Å². The molecule has 1 aromatic carbocycles. The summed E-state index contributed by atoms with van der Waals surface area (Å²) in [5, 5.41) is 6.39. The fourth-order valence-corrected chi connectivity index (χ4v) is 3.11. The van der Waals surface area contributed by atoms with Crippen molar-refractivity contribution < 1.29 is 22.6 Å². The standard InChI is InChI=1S/C19H33N3O5S.HI/c1-6-20-19(22-15(2)8-11-28(5,23)24)21-9-7-10-27-18-13-16(25-3)12-17(14-18)26-4;/h12-15H,6-11H2,1-5H3,(H2,20,21,22);1H. The van der Waals surface area contributed by atoms with E-state index < -0.39 is 9.84 Å². The van der Waals surface area contributed by atoms with Crippen molar-refractivity contribution in [1.29, 1.82) is 0 Å². The number of hydrogen-bond acceptors (Lipinski definition) is 6. The first-order valence-electron chi connectivity index (χ1n) is 9.35. The van der Waals surface area contributed by atoms with Gasteiger partial charge in [0.2, 0.25) is 0 Å². The lowest BCUT2D eigenvalue weighted by Gasteiger charge is -2.17. The van der Waals surface area contributed by atoms with Crippen LogP contribution in [0.15, 0.2) is 23.2 Å². The zero-order chi connectivity index (χ0) is 21.0. The van der Waals surface area contributed by atoms with Crippen molar-refractivity contribution in [3.05, 3.63) is 18.2 Å². The van der Waals surface area contributed by atoms with E-state index in [1.54, 1.807) is 32.4 Å². The second-order valence-electron chi connectivity index (χ2n) is 6.47. The molecule has 10 heteroatoms. The van der Waals surface area contributed by atoms with Gasteiger partial charge in [-0.05, 0) is 20.3 Å². The minimum atomic E-state index is -2.96. The molecule has 0 spiro atoms. The van der Waals surface area contributed by atoms with Gasteiger partial charge in [-0.1, -0.05) is 0 Å². The number of benzene rings is 1. The number of ether oxygens (including phenoxy) is 3. The van der Waals surface area contributed by atoms with Crippen LogP contribution in [0.5, 0.6) is 17.2 Å². The van der Waals surface area contributed by atoms with Crippen molar-refractivity contribution in [2.75, 3.05) is 45.9 Å². The molecule has 8 nitrogen and oxygen atoms in total. The van der Waals surface area contributed by atoms with Gasteiger partial charge in [0, 0.05) is 50.0 Å². The molecule has 0 aliphatic rings. The Bertz CT molecular complexity index is 706. The van der Waals surface area contributed by atoms with Crippen LogP contribution in [0.1, 0.15) is 26.7 Å². The number of halogens is 1. The normalized spacial score (nSPS) is 12.5. The summed E-state index contributed by atoms with van der Waals surface area (Å²) in [5.74, 6) is 2.85. The molecular weight excluding hydrogens is 509 g/mol. The minimum absolute atomic E-state index is 0. The molecule has 1 unspecified atom stereocenters. The second-order valence-corrected chi connectivity index (χ2v) is 8.73. The molecule has 29 heavy (non-hydrogen) atoms. The molecular formula is C19H34IN3O5S. The third kappa shape index (κ3) is 12.7. The Morgan fingerprint density at radius 3 is 2.24 bits per heavy atom. The summed E-state index contributed by atoms with van der Waals surface area (Å²) in [6, 6.07) is 5.41. The van der Waals surface area contributed by atoms with E-state index in [1.807, 2.05) is 13.8 Å². The summed E-state index contributed by atoms with van der Waals surface area (Å²) in [7, 11) is 0.231. The van der Waals surface area contributed by atoms with Crippen LogP contribution in [0.25, 0.3) is 0 Å². The van der Waals surface area contributed by atoms with Crippen molar-refractivity contribution >= 4 is 39.8 Å². The third-order valence-electron chi connectivity index (χ3n) is 3.82. The van der Waals surface area contributed by atoms with E-state index in [-0.39, 0.29) is 35.8 Å². The predicted octanol–water partition coefficient (Wildman–Crippen LogP) is 2.47. The lowest BCUT2D eigenvalue weighted by atomic mass is 10.3. The van der Waals surface area contributed by atoms with Crippen LogP contribution in [0, 0.1) is 0 Å². The van der Waals surface area contributed by atoms with Crippen molar-refractivity contribution in [3.8, 4) is 17.2 Å². The molecule has 1 atom stereocenters. The Kier molecular flexibility index (Phi) is 13.8. The predicted molar refractivity (Wildman–Crippen MR) is 128 cm³/mol. The molecule has 2 N–H and O–H groups in total. The first kappa shape index (κ1) is 27.6. The maximum Gasteiger partial charge on any atom is 0.191 e. The van der Waals surface area contributed by atoms with Crippen LogP contribution >= 0.6 is 24.0 Å². The maximum absolute atomic E-state index is 11.3. The van der Waals surface area contributed by atoms with Crippen molar-refractivity contribution in [3.63, 3.8) is 0 Å². The SMILES string of the molecule is CCNC(=NCCCOc1cc(OC)cc(OC)c1)NC(C)CCS(C)(=O)=O.I. The van der Waals surface area contributed by atoms with Crippen molar-refractivity contribution in [2.45, 2.75) is 32.7 Å². The smallest absolute Gasteiger partial charge is 0.191 e. The molecule has 0 fully saturated rings. The maximum atomic E-state index is 11.3. The van der Waals surface area contributed by atoms with Gasteiger partial charge >= 0.3 is 0 Å². The summed E-state index contributed by atoms with van der Waals surface area (Å²) >= 11 is 0. The zero-order valence-corrected chi connectivity index (χ0v) is 21.0. The molecule has 0 aromatic heterocycles. The van der Waals surface area contributed by atoms with Gasteiger partial charge in [0.25, 0.3) is 0 Å². The molecule has 0 bridgehead atoms. The number of sulfone groups is 1. The van der Waals surface area contributed by atoms with E-state index >= 15 is 0 Å². The van der Waals surface area contributed by atoms with Crippen LogP contribution in [-0.2, 0) is 9.84 Å². The third-order valence-corrected chi connectivity index (χ3v) is 4.79. The van der Waals surface area contributed by atoms with E-state index in [2.05, 4.69) is 15.6 Å². The number of guanidine groups is 1. The number of nitrogens with one attached hydrogen (secondary N) is 2. The Morgan fingerprint density at radius 1 is 1.14 bits per heavy atom. The van der Waals surface area contributed by atoms with E-state index in [4.69, 9.17) is 14.2 Å². The first-order chi connectivity index (χ1) is 13.3. The van der Waals surface area contributed by atoms with Gasteiger partial charge in [-0.2, -0.15) is 0 Å². The van der Waals surface area contributed by atoms with Gasteiger partial charge < -0.3 is 24.8 Å². The van der Waals surface area contributed by atoms with Crippen LogP contribution in [0.4, 0.5) is 0 Å². The molecule has 0 amide bonds. The fourth-order valence-electron chi connectivity index (χ4n) is 2.33. The summed E-state index contributed by atoms with van der Waals surface area (Å²) in [6.45, 7) is 5.73. The zero-order valence-electron chi connectivity index (χ0n) is 17.9. The largest absolute Gasteiger partial charge is 0.496 e. The number of aliphatic imine (C=N–C) groups is 1. The lowest BCUT2D eigenvalue weighted by molar-refractivity contribution is 0.307. The summed E-state index contributed by atoms with van der Waals surface area (Å²) < 4.78 is 38.8. The molecule has 0 aliphatic carbocycles. The monoisotopic (exact) mass is 543 g/mol. The topological polar surface area (TPSA) is 98.2 Å². The Morgan fingerprint density at radius 2 is 1.72 bits per heavy atom. The van der Waals surface area contributed by atoms with Gasteiger partial charge in [-0.15, -0.1) is 24.0 Å². The quantitative estimate of drug-likeness (QED) is 0.181. The van der Waals surface area contributed by atoms with E-state index in [0.717, 1.165) is 13.0 Å². The molecule has 168 valence electrons. The molecule has 0 heterocycles. The van der Waals surface area contributed by atoms with Gasteiger partial charge in [0.15, 0.2) is 5.96 Å². The summed E-state index contributed by atoms with van der Waals surface area (Å²) in [4.78, 5) is 4.51. The fraction of sp³-hybridized carbons (Fsp3) is 0.632. The average molecular weight is 543 g/mol. The summed E-state index contributed by atoms with van der Waals surface area (Å²) in [6.07, 6.45) is 2.51. The van der Waals surface area contributed by atoms with Gasteiger partial charge in [-0.25, -0.2) is 8.42 Å². The molecule has 0 aliphatic heterocycles. The Labute approximate surface area is 191 Å². The molecule has 0 saturated carbocycles. The Balaban J connectivity index is 0.00000784. The highest BCUT2D eigenvalue weighted by molar-refractivity contribution is 14.0. The van der Waals surface area contributed by atoms with Crippen molar-refractivity contribution in [1.82, 2.24) is 10.6 Å². The van der Waals surface area contributed by atoms with Gasteiger partial charge in [0.1, 0.15) is 27.1 Å². The van der Waals surface area contributed by atoms with Crippen LogP contribution < -0.4 is 24.8 Å². The van der Waals surface area contributed by atoms with E-state index in [9.17, 15) is 8.42 Å². The molecule has 1 aromatic rings. The highest BCUT2D eigenvalue weighted by atomic mass is 127. The Hall–Kier alpha value is -1.43. The first-order valence-corrected chi connectivity index (χ1v) is 11.4. The number of rotatable bonds is 12. The summed E-state index contributed by atoms with van der Waals surface area (Å²) in [5.41, 5.74) is 0. The van der Waals surface area contributed by atoms with E-state index in [1.165, 1.54) is 6.26 Å². The van der Waals surface area contributed by atoms with Gasteiger partial charge in [0.05, 0.1) is 26.6 Å². The molecule has 0 radical (unpaired) electrons. The number of methoxy groups -OCH3 is 2. The highest BCUT2D eigenvalue weighted by Gasteiger charge is 2.09. The highest BCUT2D eigenvalue weighted by Crippen LogP contribution is 2.27. The lowest BCUT2D eigenvalue weighted by Crippen LogP contribution is -2.43. The van der Waals surface area contributed by atoms with E-state index in [0.29, 0.717) is 42.8 Å². The van der Waals surface area contributed by atoms with Crippen molar-refractivity contribution in [2.24, 2.45) is 4.99 Å². The van der Waals surface area contributed by atoms with Gasteiger partial charge in [-0.3, -0.25) is 4.99 Å². The average Bonchev–Trinajstić information content (AvgIpc) is 2.65. The number of nitrogens with zero attached hydrogens (tertiary/aromatic N) is 1.